The summed E-state index contributed by atoms with van der Waals surface area (Å²) in [5.74, 6) is -1.18. The van der Waals surface area contributed by atoms with Gasteiger partial charge in [-0.15, -0.1) is 0 Å². The Morgan fingerprint density at radius 1 is 1.14 bits per heavy atom. The van der Waals surface area contributed by atoms with Crippen molar-refractivity contribution in [1.82, 2.24) is 9.62 Å². The Hall–Kier alpha value is -1.87. The number of hydrogen-bond donors (Lipinski definition) is 1. The summed E-state index contributed by atoms with van der Waals surface area (Å²) in [5, 5.41) is 1.22. The van der Waals surface area contributed by atoms with Gasteiger partial charge in [-0.05, 0) is 87.8 Å². The predicted octanol–water partition coefficient (Wildman–Crippen LogP) is 6.33. The molecule has 2 fully saturated rings. The largest absolute Gasteiger partial charge is 0.493 e. The molecule has 0 bridgehead atoms. The van der Waals surface area contributed by atoms with Gasteiger partial charge in [-0.3, -0.25) is 9.69 Å². The SMILES string of the molecule is CCS(=O)(=O)NC(=O)c1cc(C2CC2)c(OC[C@@H]2CC[C@@H](C)N([C@@H](C)c3cc(Cl)cc(Cl)c3)C2)cc1F. The van der Waals surface area contributed by atoms with E-state index in [1.54, 1.807) is 6.07 Å². The van der Waals surface area contributed by atoms with Gasteiger partial charge < -0.3 is 4.74 Å². The van der Waals surface area contributed by atoms with E-state index < -0.39 is 21.7 Å². The molecule has 1 aliphatic heterocycles. The minimum absolute atomic E-state index is 0.116. The lowest BCUT2D eigenvalue weighted by Crippen LogP contribution is -2.44. The van der Waals surface area contributed by atoms with Crippen LogP contribution in [0.1, 0.15) is 79.9 Å². The van der Waals surface area contributed by atoms with Crippen LogP contribution in [0, 0.1) is 11.7 Å². The Bertz CT molecular complexity index is 1250. The molecule has 1 heterocycles. The number of benzene rings is 2. The smallest absolute Gasteiger partial charge is 0.267 e. The van der Waals surface area contributed by atoms with Crippen LogP contribution in [0.25, 0.3) is 0 Å². The Morgan fingerprint density at radius 2 is 1.81 bits per heavy atom. The first-order chi connectivity index (χ1) is 17.5. The van der Waals surface area contributed by atoms with Gasteiger partial charge in [-0.25, -0.2) is 17.5 Å². The maximum absolute atomic E-state index is 14.9. The molecule has 4 rings (SSSR count). The minimum Gasteiger partial charge on any atom is -0.493 e. The second kappa shape index (κ2) is 11.5. The number of carbonyl (C=O) groups is 1. The van der Waals surface area contributed by atoms with Crippen molar-refractivity contribution in [2.24, 2.45) is 5.92 Å². The van der Waals surface area contributed by atoms with E-state index in [0.29, 0.717) is 28.4 Å². The molecule has 0 radical (unpaired) electrons. The number of rotatable bonds is 9. The van der Waals surface area contributed by atoms with E-state index in [1.807, 2.05) is 16.9 Å². The van der Waals surface area contributed by atoms with Crippen molar-refractivity contribution in [3.63, 3.8) is 0 Å². The van der Waals surface area contributed by atoms with Gasteiger partial charge in [-0.1, -0.05) is 23.2 Å². The van der Waals surface area contributed by atoms with Crippen LogP contribution in [-0.2, 0) is 10.0 Å². The molecule has 0 aromatic heterocycles. The molecule has 2 aliphatic rings. The summed E-state index contributed by atoms with van der Waals surface area (Å²) in [4.78, 5) is 14.9. The summed E-state index contributed by atoms with van der Waals surface area (Å²) in [7, 11) is -3.79. The predicted molar refractivity (Wildman–Crippen MR) is 145 cm³/mol. The van der Waals surface area contributed by atoms with Crippen molar-refractivity contribution in [1.29, 1.82) is 0 Å². The highest BCUT2D eigenvalue weighted by molar-refractivity contribution is 7.90. The zero-order chi connectivity index (χ0) is 26.9. The van der Waals surface area contributed by atoms with Crippen LogP contribution in [0.5, 0.6) is 5.75 Å². The number of hydrogen-bond acceptors (Lipinski definition) is 5. The minimum atomic E-state index is -3.79. The molecule has 1 saturated heterocycles. The molecule has 1 saturated carbocycles. The maximum atomic E-state index is 14.9. The molecule has 10 heteroatoms. The molecule has 2 aromatic rings. The normalized spacial score (nSPS) is 21.5. The highest BCUT2D eigenvalue weighted by Crippen LogP contribution is 2.45. The Balaban J connectivity index is 1.47. The lowest BCUT2D eigenvalue weighted by atomic mass is 9.91. The Morgan fingerprint density at radius 3 is 2.43 bits per heavy atom. The first-order valence-electron chi connectivity index (χ1n) is 12.7. The van der Waals surface area contributed by atoms with E-state index in [9.17, 15) is 17.6 Å². The zero-order valence-electron chi connectivity index (χ0n) is 21.3. The maximum Gasteiger partial charge on any atom is 0.267 e. The molecule has 0 spiro atoms. The van der Waals surface area contributed by atoms with Crippen LogP contribution in [0.15, 0.2) is 30.3 Å². The molecule has 202 valence electrons. The van der Waals surface area contributed by atoms with Crippen molar-refractivity contribution < 1.29 is 22.3 Å². The van der Waals surface area contributed by atoms with Crippen molar-refractivity contribution in [2.75, 3.05) is 18.9 Å². The Labute approximate surface area is 228 Å². The molecule has 6 nitrogen and oxygen atoms in total. The second-order valence-corrected chi connectivity index (χ2v) is 13.0. The van der Waals surface area contributed by atoms with Crippen molar-refractivity contribution in [2.45, 2.75) is 64.5 Å². The monoisotopic (exact) mass is 570 g/mol. The first kappa shape index (κ1) is 28.1. The molecule has 1 amide bonds. The van der Waals surface area contributed by atoms with E-state index >= 15 is 0 Å². The number of likely N-dealkylation sites (tertiary alicyclic amines) is 1. The van der Waals surface area contributed by atoms with Crippen LogP contribution in [-0.4, -0.2) is 44.2 Å². The fraction of sp³-hybridized carbons (Fsp3) is 0.519. The van der Waals surface area contributed by atoms with E-state index in [0.717, 1.165) is 43.4 Å². The zero-order valence-corrected chi connectivity index (χ0v) is 23.6. The number of nitrogens with one attached hydrogen (secondary N) is 1. The van der Waals surface area contributed by atoms with Crippen LogP contribution >= 0.6 is 23.2 Å². The fourth-order valence-electron chi connectivity index (χ4n) is 4.96. The fourth-order valence-corrected chi connectivity index (χ4v) is 6.04. The van der Waals surface area contributed by atoms with Crippen molar-refractivity contribution in [3.8, 4) is 5.75 Å². The standard InChI is InChI=1S/C27H33Cl2FN2O4S/c1-4-37(34,35)31-27(33)24-12-23(19-7-8-19)26(13-25(24)30)36-15-18-6-5-16(2)32(14-18)17(3)20-9-21(28)11-22(29)10-20/h9-13,16-19H,4-8,14-15H2,1-3H3,(H,31,33)/t16-,17+,18-/m1/s1. The van der Waals surface area contributed by atoms with E-state index in [4.69, 9.17) is 27.9 Å². The average molecular weight is 572 g/mol. The third-order valence-corrected chi connectivity index (χ3v) is 9.05. The number of ether oxygens (including phenoxy) is 1. The number of amides is 1. The van der Waals surface area contributed by atoms with Gasteiger partial charge in [0, 0.05) is 40.7 Å². The van der Waals surface area contributed by atoms with E-state index in [2.05, 4.69) is 18.7 Å². The van der Waals surface area contributed by atoms with Gasteiger partial charge in [0.05, 0.1) is 17.9 Å². The molecule has 2 aromatic carbocycles. The van der Waals surface area contributed by atoms with Gasteiger partial charge in [0.15, 0.2) is 0 Å². The summed E-state index contributed by atoms with van der Waals surface area (Å²) in [5.41, 5.74) is 1.53. The highest BCUT2D eigenvalue weighted by Gasteiger charge is 2.32. The van der Waals surface area contributed by atoms with Gasteiger partial charge in [0.1, 0.15) is 11.6 Å². The second-order valence-electron chi connectivity index (χ2n) is 10.2. The molecule has 3 atom stereocenters. The topological polar surface area (TPSA) is 75.7 Å². The Kier molecular flexibility index (Phi) is 8.73. The molecule has 37 heavy (non-hydrogen) atoms. The van der Waals surface area contributed by atoms with Crippen LogP contribution in [0.3, 0.4) is 0 Å². The quantitative estimate of drug-likeness (QED) is 0.381. The lowest BCUT2D eigenvalue weighted by molar-refractivity contribution is 0.0584. The summed E-state index contributed by atoms with van der Waals surface area (Å²) in [6.07, 6.45) is 3.83. The summed E-state index contributed by atoms with van der Waals surface area (Å²) < 4.78 is 46.6. The highest BCUT2D eigenvalue weighted by atomic mass is 35.5. The number of sulfonamides is 1. The number of piperidine rings is 1. The van der Waals surface area contributed by atoms with E-state index in [-0.39, 0.29) is 29.2 Å². The van der Waals surface area contributed by atoms with Crippen LogP contribution in [0.2, 0.25) is 10.0 Å². The number of carbonyl (C=O) groups excluding carboxylic acids is 1. The van der Waals surface area contributed by atoms with Crippen LogP contribution in [0.4, 0.5) is 4.39 Å². The third kappa shape index (κ3) is 6.96. The lowest BCUT2D eigenvalue weighted by Gasteiger charge is -2.42. The first-order valence-corrected chi connectivity index (χ1v) is 15.1. The molecule has 1 N–H and O–H groups in total. The average Bonchev–Trinajstić information content (AvgIpc) is 3.67. The molecular weight excluding hydrogens is 538 g/mol. The van der Waals surface area contributed by atoms with Gasteiger partial charge in [0.2, 0.25) is 10.0 Å². The summed E-state index contributed by atoms with van der Waals surface area (Å²) in [6, 6.07) is 8.78. The molecule has 0 unspecified atom stereocenters. The number of halogens is 3. The van der Waals surface area contributed by atoms with E-state index in [1.165, 1.54) is 19.1 Å². The van der Waals surface area contributed by atoms with Crippen molar-refractivity contribution >= 4 is 39.1 Å². The summed E-state index contributed by atoms with van der Waals surface area (Å²) in [6.45, 7) is 6.99. The van der Waals surface area contributed by atoms with Crippen molar-refractivity contribution in [3.05, 3.63) is 62.9 Å². The third-order valence-electron chi connectivity index (χ3n) is 7.36. The molecule has 1 aliphatic carbocycles. The number of nitrogens with zero attached hydrogens (tertiary/aromatic N) is 1. The van der Waals surface area contributed by atoms with Gasteiger partial charge in [0.25, 0.3) is 5.91 Å². The summed E-state index contributed by atoms with van der Waals surface area (Å²) >= 11 is 12.5. The molecular formula is C27H33Cl2FN2O4S. The van der Waals surface area contributed by atoms with Crippen LogP contribution < -0.4 is 9.46 Å². The van der Waals surface area contributed by atoms with Gasteiger partial charge in [-0.2, -0.15) is 0 Å². The van der Waals surface area contributed by atoms with Gasteiger partial charge >= 0.3 is 0 Å².